The van der Waals surface area contributed by atoms with E-state index in [0.29, 0.717) is 0 Å². The van der Waals surface area contributed by atoms with E-state index in [0.717, 1.165) is 0 Å². The average Bonchev–Trinajstić information content (AvgIpc) is 1.14. The van der Waals surface area contributed by atoms with Crippen molar-refractivity contribution in [1.29, 1.82) is 0 Å². The maximum Gasteiger partial charge on any atom is 1.00 e. The van der Waals surface area contributed by atoms with Crippen molar-refractivity contribution in [1.82, 2.24) is 4.72 Å². The molecule has 0 aliphatic rings. The summed E-state index contributed by atoms with van der Waals surface area (Å²) >= 11 is 0. The van der Waals surface area contributed by atoms with Crippen molar-refractivity contribution in [3.8, 4) is 0 Å². The van der Waals surface area contributed by atoms with Crippen LogP contribution in [-0.4, -0.2) is 18.5 Å². The van der Waals surface area contributed by atoms with Gasteiger partial charge in [-0.05, 0) is 20.8 Å². The first-order valence-corrected chi connectivity index (χ1v) is 3.86. The van der Waals surface area contributed by atoms with E-state index in [2.05, 4.69) is 0 Å². The van der Waals surface area contributed by atoms with Crippen molar-refractivity contribution in [2.75, 3.05) is 0 Å². The molecule has 0 saturated heterocycles. The van der Waals surface area contributed by atoms with Gasteiger partial charge in [0.05, 0.1) is 0 Å². The predicted molar refractivity (Wildman–Crippen MR) is 32.6 cm³/mol. The molecule has 56 valence electrons. The fraction of sp³-hybridized carbons (Fsp3) is 1.00. The number of nitrogens with one attached hydrogen (secondary N) is 1. The quantitative estimate of drug-likeness (QED) is 0.351. The van der Waals surface area contributed by atoms with Gasteiger partial charge in [0.25, 0.3) is 0 Å². The van der Waals surface area contributed by atoms with Crippen LogP contribution in [0.15, 0.2) is 0 Å². The normalized spacial score (nSPS) is 12.4. The van der Waals surface area contributed by atoms with E-state index in [1.165, 1.54) is 0 Å². The summed E-state index contributed by atoms with van der Waals surface area (Å²) in [7, 11) is -4.28. The Kier molecular flexibility index (Phi) is 6.34. The van der Waals surface area contributed by atoms with Crippen molar-refractivity contribution >= 4 is 10.3 Å². The summed E-state index contributed by atoms with van der Waals surface area (Å²) in [5, 5.41) is 0. The van der Waals surface area contributed by atoms with Gasteiger partial charge < -0.3 is 4.55 Å². The molecule has 0 aromatic heterocycles. The van der Waals surface area contributed by atoms with Crippen molar-refractivity contribution < 1.29 is 64.4 Å². The molecule has 0 saturated carbocycles. The summed E-state index contributed by atoms with van der Waals surface area (Å²) in [5.41, 5.74) is -0.666. The second kappa shape index (κ2) is 4.51. The summed E-state index contributed by atoms with van der Waals surface area (Å²) in [6.07, 6.45) is 0. The monoisotopic (exact) mass is 191 g/mol. The Hall–Kier alpha value is 1.51. The van der Waals surface area contributed by atoms with Crippen LogP contribution >= 0.6 is 0 Å². The molecule has 0 spiro atoms. The van der Waals surface area contributed by atoms with Crippen molar-refractivity contribution in [3.63, 3.8) is 0 Å². The van der Waals surface area contributed by atoms with E-state index in [4.69, 9.17) is 0 Å². The maximum absolute atomic E-state index is 9.98. The molecular formula is C4H10KNO3S. The van der Waals surface area contributed by atoms with Gasteiger partial charge >= 0.3 is 51.4 Å². The fourth-order valence-corrected chi connectivity index (χ4v) is 1.12. The van der Waals surface area contributed by atoms with Crippen LogP contribution in [0.5, 0.6) is 0 Å². The Labute approximate surface area is 104 Å². The van der Waals surface area contributed by atoms with Crippen LogP contribution in [0.4, 0.5) is 0 Å². The van der Waals surface area contributed by atoms with E-state index < -0.39 is 15.8 Å². The van der Waals surface area contributed by atoms with E-state index in [9.17, 15) is 13.0 Å². The van der Waals surface area contributed by atoms with Crippen LogP contribution in [0.1, 0.15) is 20.8 Å². The molecule has 6 heteroatoms. The minimum absolute atomic E-state index is 0. The molecule has 4 nitrogen and oxygen atoms in total. The molecule has 0 aliphatic heterocycles. The zero-order valence-corrected chi connectivity index (χ0v) is 10.6. The van der Waals surface area contributed by atoms with Gasteiger partial charge in [0.2, 0.25) is 0 Å². The molecule has 0 aromatic carbocycles. The Morgan fingerprint density at radius 1 is 1.30 bits per heavy atom. The zero-order valence-electron chi connectivity index (χ0n) is 6.63. The summed E-state index contributed by atoms with van der Waals surface area (Å²) < 4.78 is 31.8. The van der Waals surface area contributed by atoms with Crippen LogP contribution in [0.25, 0.3) is 0 Å². The van der Waals surface area contributed by atoms with Gasteiger partial charge in [-0.1, -0.05) is 0 Å². The van der Waals surface area contributed by atoms with Crippen LogP contribution in [-0.2, 0) is 10.3 Å². The first-order valence-electron chi connectivity index (χ1n) is 2.45. The molecule has 0 heterocycles. The maximum atomic E-state index is 9.98. The van der Waals surface area contributed by atoms with E-state index in [-0.39, 0.29) is 51.4 Å². The largest absolute Gasteiger partial charge is 1.00 e. The Morgan fingerprint density at radius 2 is 1.60 bits per heavy atom. The number of rotatable bonds is 1. The van der Waals surface area contributed by atoms with E-state index in [1.807, 2.05) is 4.72 Å². The smallest absolute Gasteiger partial charge is 0.735 e. The Bertz CT molecular complexity index is 181. The fourth-order valence-electron chi connectivity index (χ4n) is 0.375. The van der Waals surface area contributed by atoms with Crippen LogP contribution < -0.4 is 56.1 Å². The topological polar surface area (TPSA) is 69.2 Å². The van der Waals surface area contributed by atoms with E-state index in [1.54, 1.807) is 20.8 Å². The third-order valence-corrected chi connectivity index (χ3v) is 1.29. The van der Waals surface area contributed by atoms with Gasteiger partial charge in [-0.2, -0.15) is 0 Å². The summed E-state index contributed by atoms with van der Waals surface area (Å²) in [4.78, 5) is 0. The molecule has 0 rings (SSSR count). The standard InChI is InChI=1S/C4H11NO3S.K/c1-4(2,3)5-9(6,7)8;/h5H,1-3H3,(H,6,7,8);/q;+1/p-1. The van der Waals surface area contributed by atoms with Gasteiger partial charge in [-0.15, -0.1) is 0 Å². The number of hydrogen-bond donors (Lipinski definition) is 1. The SMILES string of the molecule is CC(C)(C)NS(=O)(=O)[O-].[K+]. The van der Waals surface area contributed by atoms with Crippen LogP contribution in [0, 0.1) is 0 Å². The second-order valence-corrected chi connectivity index (χ2v) is 3.92. The van der Waals surface area contributed by atoms with Crippen molar-refractivity contribution in [3.05, 3.63) is 0 Å². The van der Waals surface area contributed by atoms with Crippen molar-refractivity contribution in [2.24, 2.45) is 0 Å². The molecular weight excluding hydrogens is 181 g/mol. The molecule has 0 aliphatic carbocycles. The third-order valence-electron chi connectivity index (χ3n) is 0.431. The molecule has 10 heavy (non-hydrogen) atoms. The average molecular weight is 191 g/mol. The summed E-state index contributed by atoms with van der Waals surface area (Å²) in [6.45, 7) is 4.80. The van der Waals surface area contributed by atoms with Gasteiger partial charge in [0.1, 0.15) is 0 Å². The molecule has 0 fully saturated rings. The zero-order chi connectivity index (χ0) is 7.71. The van der Waals surface area contributed by atoms with Gasteiger partial charge in [0.15, 0.2) is 10.3 Å². The first kappa shape index (κ1) is 14.1. The van der Waals surface area contributed by atoms with Gasteiger partial charge in [0, 0.05) is 5.54 Å². The molecule has 0 unspecified atom stereocenters. The van der Waals surface area contributed by atoms with Crippen LogP contribution in [0.2, 0.25) is 0 Å². The van der Waals surface area contributed by atoms with Crippen LogP contribution in [0.3, 0.4) is 0 Å². The molecule has 0 radical (unpaired) electrons. The molecule has 0 atom stereocenters. The van der Waals surface area contributed by atoms with Crippen molar-refractivity contribution in [2.45, 2.75) is 26.3 Å². The van der Waals surface area contributed by atoms with Gasteiger partial charge in [-0.25, -0.2) is 13.1 Å². The third kappa shape index (κ3) is 12.2. The molecule has 0 amide bonds. The van der Waals surface area contributed by atoms with Gasteiger partial charge in [-0.3, -0.25) is 0 Å². The number of hydrogen-bond acceptors (Lipinski definition) is 3. The predicted octanol–water partition coefficient (Wildman–Crippen LogP) is -3.16. The molecule has 0 bridgehead atoms. The minimum Gasteiger partial charge on any atom is -0.735 e. The molecule has 1 N–H and O–H groups in total. The van der Waals surface area contributed by atoms with E-state index >= 15 is 0 Å². The Morgan fingerprint density at radius 3 is 1.60 bits per heavy atom. The molecule has 0 aromatic rings. The summed E-state index contributed by atoms with van der Waals surface area (Å²) in [5.74, 6) is 0. The summed E-state index contributed by atoms with van der Waals surface area (Å²) in [6, 6.07) is 0. The Balaban J connectivity index is 0. The minimum atomic E-state index is -4.28. The second-order valence-electron chi connectivity index (χ2n) is 2.81. The first-order chi connectivity index (χ1) is 3.71.